The molecule has 0 aliphatic carbocycles. The number of furan rings is 1. The van der Waals surface area contributed by atoms with E-state index < -0.39 is 0 Å². The number of nitrogens with one attached hydrogen (secondary N) is 2. The standard InChI is InChI=1S/C14H10N4O2/c19-13-8-11(12-6-3-7-20-12)17-18(13)14-15-9-4-1-2-5-10(9)16-14/h1-8,17H,(H,15,16). The zero-order chi connectivity index (χ0) is 13.5. The first-order valence-corrected chi connectivity index (χ1v) is 6.12. The van der Waals surface area contributed by atoms with Gasteiger partial charge >= 0.3 is 0 Å². The zero-order valence-corrected chi connectivity index (χ0v) is 10.3. The number of nitrogens with zero attached hydrogens (tertiary/aromatic N) is 2. The van der Waals surface area contributed by atoms with Crippen LogP contribution >= 0.6 is 0 Å². The van der Waals surface area contributed by atoms with Crippen LogP contribution in [0.5, 0.6) is 0 Å². The van der Waals surface area contributed by atoms with Gasteiger partial charge < -0.3 is 9.40 Å². The van der Waals surface area contributed by atoms with Gasteiger partial charge in [0.25, 0.3) is 5.56 Å². The third-order valence-electron chi connectivity index (χ3n) is 3.10. The van der Waals surface area contributed by atoms with E-state index in [1.54, 1.807) is 18.4 Å². The van der Waals surface area contributed by atoms with E-state index >= 15 is 0 Å². The molecule has 1 aromatic carbocycles. The Morgan fingerprint density at radius 2 is 2.05 bits per heavy atom. The lowest BCUT2D eigenvalue weighted by atomic mass is 10.3. The second kappa shape index (κ2) is 3.99. The fourth-order valence-corrected chi connectivity index (χ4v) is 2.16. The maximum Gasteiger partial charge on any atom is 0.274 e. The third-order valence-corrected chi connectivity index (χ3v) is 3.10. The Morgan fingerprint density at radius 1 is 1.15 bits per heavy atom. The molecule has 2 N–H and O–H groups in total. The van der Waals surface area contributed by atoms with Crippen LogP contribution in [0.25, 0.3) is 28.4 Å². The van der Waals surface area contributed by atoms with Gasteiger partial charge in [0.2, 0.25) is 5.95 Å². The van der Waals surface area contributed by atoms with Gasteiger partial charge in [-0.3, -0.25) is 9.89 Å². The van der Waals surface area contributed by atoms with Gasteiger partial charge in [-0.15, -0.1) is 0 Å². The van der Waals surface area contributed by atoms with Crippen molar-refractivity contribution in [3.63, 3.8) is 0 Å². The number of H-pyrrole nitrogens is 2. The van der Waals surface area contributed by atoms with E-state index in [0.717, 1.165) is 11.0 Å². The topological polar surface area (TPSA) is 79.6 Å². The second-order valence-electron chi connectivity index (χ2n) is 4.40. The van der Waals surface area contributed by atoms with Crippen LogP contribution in [0.1, 0.15) is 0 Å². The highest BCUT2D eigenvalue weighted by atomic mass is 16.3. The summed E-state index contributed by atoms with van der Waals surface area (Å²) in [7, 11) is 0. The van der Waals surface area contributed by atoms with E-state index in [1.165, 1.54) is 10.7 Å². The Hall–Kier alpha value is -3.02. The highest BCUT2D eigenvalue weighted by Crippen LogP contribution is 2.17. The molecule has 98 valence electrons. The fourth-order valence-electron chi connectivity index (χ4n) is 2.16. The molecule has 6 nitrogen and oxygen atoms in total. The van der Waals surface area contributed by atoms with Gasteiger partial charge in [0.1, 0.15) is 5.69 Å². The van der Waals surface area contributed by atoms with Gasteiger partial charge in [-0.2, -0.15) is 4.68 Å². The summed E-state index contributed by atoms with van der Waals surface area (Å²) >= 11 is 0. The first-order chi connectivity index (χ1) is 9.81. The minimum Gasteiger partial charge on any atom is -0.463 e. The number of fused-ring (bicyclic) bond motifs is 1. The average molecular weight is 266 g/mol. The summed E-state index contributed by atoms with van der Waals surface area (Å²) < 4.78 is 6.63. The number of imidazole rings is 1. The largest absolute Gasteiger partial charge is 0.463 e. The SMILES string of the molecule is O=c1cc(-c2ccco2)[nH]n1-c1nc2ccccc2[nH]1. The molecular weight excluding hydrogens is 256 g/mol. The molecule has 0 atom stereocenters. The van der Waals surface area contributed by atoms with E-state index in [0.29, 0.717) is 17.4 Å². The minimum absolute atomic E-state index is 0.199. The molecule has 3 aromatic heterocycles. The Morgan fingerprint density at radius 3 is 2.85 bits per heavy atom. The minimum atomic E-state index is -0.199. The summed E-state index contributed by atoms with van der Waals surface area (Å²) in [5, 5.41) is 2.98. The molecule has 0 unspecified atom stereocenters. The van der Waals surface area contributed by atoms with Crippen molar-refractivity contribution in [2.75, 3.05) is 0 Å². The smallest absolute Gasteiger partial charge is 0.274 e. The number of hydrogen-bond acceptors (Lipinski definition) is 3. The van der Waals surface area contributed by atoms with Crippen molar-refractivity contribution in [2.24, 2.45) is 0 Å². The summed E-state index contributed by atoms with van der Waals surface area (Å²) in [6.45, 7) is 0. The lowest BCUT2D eigenvalue weighted by Gasteiger charge is -1.95. The molecule has 0 spiro atoms. The van der Waals surface area contributed by atoms with E-state index in [9.17, 15) is 4.79 Å². The number of benzene rings is 1. The molecule has 6 heteroatoms. The van der Waals surface area contributed by atoms with Gasteiger partial charge in [-0.1, -0.05) is 12.1 Å². The fraction of sp³-hybridized carbons (Fsp3) is 0. The molecule has 0 fully saturated rings. The lowest BCUT2D eigenvalue weighted by Crippen LogP contribution is -2.14. The quantitative estimate of drug-likeness (QED) is 0.584. The Labute approximate surface area is 112 Å². The maximum absolute atomic E-state index is 12.0. The molecule has 0 saturated heterocycles. The lowest BCUT2D eigenvalue weighted by molar-refractivity contribution is 0.578. The van der Waals surface area contributed by atoms with Crippen molar-refractivity contribution in [3.05, 3.63) is 59.1 Å². The highest BCUT2D eigenvalue weighted by Gasteiger charge is 2.11. The summed E-state index contributed by atoms with van der Waals surface area (Å²) in [6, 6.07) is 12.6. The monoisotopic (exact) mass is 266 g/mol. The van der Waals surface area contributed by atoms with Crippen molar-refractivity contribution in [3.8, 4) is 17.4 Å². The van der Waals surface area contributed by atoms with Crippen molar-refractivity contribution < 1.29 is 4.42 Å². The van der Waals surface area contributed by atoms with Crippen LogP contribution in [0.2, 0.25) is 0 Å². The van der Waals surface area contributed by atoms with Crippen molar-refractivity contribution in [1.29, 1.82) is 0 Å². The summed E-state index contributed by atoms with van der Waals surface area (Å²) in [5.74, 6) is 1.06. The molecule has 20 heavy (non-hydrogen) atoms. The van der Waals surface area contributed by atoms with Crippen LogP contribution in [0.4, 0.5) is 0 Å². The molecule has 4 rings (SSSR count). The summed E-state index contributed by atoms with van der Waals surface area (Å²) in [5.41, 5.74) is 2.10. The van der Waals surface area contributed by atoms with Crippen LogP contribution in [-0.2, 0) is 0 Å². The van der Waals surface area contributed by atoms with Crippen molar-refractivity contribution >= 4 is 11.0 Å². The molecule has 0 bridgehead atoms. The maximum atomic E-state index is 12.0. The molecule has 0 saturated carbocycles. The van der Waals surface area contributed by atoms with E-state index in [-0.39, 0.29) is 5.56 Å². The Balaban J connectivity index is 1.88. The van der Waals surface area contributed by atoms with Gasteiger partial charge in [0, 0.05) is 6.07 Å². The van der Waals surface area contributed by atoms with E-state index in [1.807, 2.05) is 24.3 Å². The first-order valence-electron chi connectivity index (χ1n) is 6.12. The Kier molecular flexibility index (Phi) is 2.17. The van der Waals surface area contributed by atoms with Gasteiger partial charge in [-0.25, -0.2) is 4.98 Å². The molecule has 0 aliphatic heterocycles. The van der Waals surface area contributed by atoms with Crippen LogP contribution in [0.15, 0.2) is 57.9 Å². The molecule has 3 heterocycles. The van der Waals surface area contributed by atoms with Crippen LogP contribution in [0.3, 0.4) is 0 Å². The zero-order valence-electron chi connectivity index (χ0n) is 10.3. The summed E-state index contributed by atoms with van der Waals surface area (Å²) in [4.78, 5) is 19.5. The first kappa shape index (κ1) is 10.9. The highest BCUT2D eigenvalue weighted by molar-refractivity contribution is 5.75. The number of hydrogen-bond donors (Lipinski definition) is 2. The predicted molar refractivity (Wildman–Crippen MR) is 73.7 cm³/mol. The number of aromatic nitrogens is 4. The number of rotatable bonds is 2. The average Bonchev–Trinajstić information content (AvgIpc) is 3.16. The van der Waals surface area contributed by atoms with Crippen molar-refractivity contribution in [2.45, 2.75) is 0 Å². The second-order valence-corrected chi connectivity index (χ2v) is 4.40. The van der Waals surface area contributed by atoms with Crippen LogP contribution in [-0.4, -0.2) is 19.7 Å². The van der Waals surface area contributed by atoms with E-state index in [4.69, 9.17) is 4.42 Å². The molecule has 0 amide bonds. The molecule has 0 aliphatic rings. The number of aromatic amines is 2. The van der Waals surface area contributed by atoms with Crippen molar-refractivity contribution in [1.82, 2.24) is 19.7 Å². The van der Waals surface area contributed by atoms with Crippen LogP contribution < -0.4 is 5.56 Å². The van der Waals surface area contributed by atoms with Gasteiger partial charge in [-0.05, 0) is 24.3 Å². The number of para-hydroxylation sites is 2. The van der Waals surface area contributed by atoms with Gasteiger partial charge in [0.15, 0.2) is 5.76 Å². The van der Waals surface area contributed by atoms with Gasteiger partial charge in [0.05, 0.1) is 17.3 Å². The molecule has 4 aromatic rings. The Bertz CT molecular complexity index is 895. The third kappa shape index (κ3) is 1.58. The summed E-state index contributed by atoms with van der Waals surface area (Å²) in [6.07, 6.45) is 1.56. The predicted octanol–water partition coefficient (Wildman–Crippen LogP) is 2.30. The van der Waals surface area contributed by atoms with Crippen LogP contribution in [0, 0.1) is 0 Å². The molecule has 0 radical (unpaired) electrons. The van der Waals surface area contributed by atoms with E-state index in [2.05, 4.69) is 15.1 Å². The molecular formula is C14H10N4O2. The normalized spacial score (nSPS) is 11.2.